The third-order valence-corrected chi connectivity index (χ3v) is 11.9. The molecule has 2 saturated heterocycles. The Labute approximate surface area is 314 Å². The van der Waals surface area contributed by atoms with Crippen molar-refractivity contribution in [3.8, 4) is 17.2 Å². The molecule has 4 heterocycles. The summed E-state index contributed by atoms with van der Waals surface area (Å²) in [5.74, 6) is -0.619. The third kappa shape index (κ3) is 6.33. The van der Waals surface area contributed by atoms with Crippen LogP contribution >= 0.6 is 0 Å². The second-order valence-electron chi connectivity index (χ2n) is 15.3. The van der Waals surface area contributed by atoms with E-state index in [1.54, 1.807) is 12.1 Å². The van der Waals surface area contributed by atoms with E-state index in [1.807, 2.05) is 19.9 Å². The third-order valence-electron chi connectivity index (χ3n) is 11.9. The van der Waals surface area contributed by atoms with Crippen molar-refractivity contribution in [1.29, 1.82) is 5.26 Å². The summed E-state index contributed by atoms with van der Waals surface area (Å²) in [6.07, 6.45) is 6.15. The molecule has 11 nitrogen and oxygen atoms in total. The summed E-state index contributed by atoms with van der Waals surface area (Å²) in [5.41, 5.74) is 8.63. The second-order valence-corrected chi connectivity index (χ2v) is 15.3. The van der Waals surface area contributed by atoms with Crippen LogP contribution in [0, 0.1) is 38.0 Å². The molecular weight excluding hydrogens is 681 g/mol. The van der Waals surface area contributed by atoms with Gasteiger partial charge in [-0.3, -0.25) is 29.4 Å². The number of benzene rings is 3. The Morgan fingerprint density at radius 2 is 1.67 bits per heavy atom. The fourth-order valence-corrected chi connectivity index (χ4v) is 8.56. The van der Waals surface area contributed by atoms with Crippen LogP contribution in [0.1, 0.15) is 94.7 Å². The Balaban J connectivity index is 0.942. The minimum atomic E-state index is -0.974. The van der Waals surface area contributed by atoms with Crippen LogP contribution in [-0.4, -0.2) is 59.4 Å². The first-order valence-electron chi connectivity index (χ1n) is 19.0. The normalized spacial score (nSPS) is 19.5. The summed E-state index contributed by atoms with van der Waals surface area (Å²) in [5, 5.41) is 16.2. The van der Waals surface area contributed by atoms with E-state index in [0.29, 0.717) is 17.0 Å². The maximum atomic E-state index is 13.4. The van der Waals surface area contributed by atoms with Crippen LogP contribution in [-0.2, 0) is 15.0 Å². The highest BCUT2D eigenvalue weighted by Gasteiger charge is 2.46. The van der Waals surface area contributed by atoms with Gasteiger partial charge in [0.25, 0.3) is 11.8 Å². The molecule has 0 bridgehead atoms. The van der Waals surface area contributed by atoms with Crippen molar-refractivity contribution in [2.45, 2.75) is 83.6 Å². The van der Waals surface area contributed by atoms with E-state index in [0.717, 1.165) is 108 Å². The first-order valence-corrected chi connectivity index (χ1v) is 19.0. The van der Waals surface area contributed by atoms with E-state index >= 15 is 0 Å². The van der Waals surface area contributed by atoms with Crippen LogP contribution in [0.4, 0.5) is 17.1 Å². The van der Waals surface area contributed by atoms with Crippen LogP contribution < -0.4 is 15.1 Å². The van der Waals surface area contributed by atoms with Gasteiger partial charge in [0.05, 0.1) is 28.3 Å². The average Bonchev–Trinajstić information content (AvgIpc) is 3.86. The zero-order valence-electron chi connectivity index (χ0n) is 31.0. The number of carbonyl (C=O) groups excluding carboxylic acids is 4. The summed E-state index contributed by atoms with van der Waals surface area (Å²) < 4.78 is 5.51. The lowest BCUT2D eigenvalue weighted by Gasteiger charge is -2.34. The molecule has 1 unspecified atom stereocenters. The van der Waals surface area contributed by atoms with Crippen molar-refractivity contribution in [3.05, 3.63) is 94.4 Å². The summed E-state index contributed by atoms with van der Waals surface area (Å²) in [6, 6.07) is 22.0. The van der Waals surface area contributed by atoms with Crippen molar-refractivity contribution in [2.75, 3.05) is 29.4 Å². The van der Waals surface area contributed by atoms with E-state index in [9.17, 15) is 24.4 Å². The van der Waals surface area contributed by atoms with Crippen molar-refractivity contribution in [3.63, 3.8) is 0 Å². The lowest BCUT2D eigenvalue weighted by atomic mass is 9.91. The monoisotopic (exact) mass is 724 g/mol. The van der Waals surface area contributed by atoms with Gasteiger partial charge in [-0.1, -0.05) is 29.4 Å². The number of aromatic nitrogens is 1. The molecule has 4 amide bonds. The molecule has 1 atom stereocenters. The van der Waals surface area contributed by atoms with Gasteiger partial charge in [0, 0.05) is 48.7 Å². The van der Waals surface area contributed by atoms with Gasteiger partial charge >= 0.3 is 0 Å². The van der Waals surface area contributed by atoms with Crippen molar-refractivity contribution in [1.82, 2.24) is 15.4 Å². The van der Waals surface area contributed by atoms with E-state index in [4.69, 9.17) is 4.52 Å². The number of nitrogens with one attached hydrogen (secondary N) is 1. The SMILES string of the molecule is Cc1ccc(-c2c(C)noc2C)cc1N(CCCC1CCN(c2ccc3c(c2)C(=O)N(C2CCC(=O)NC2=O)C3=O)CC1)c1ccc(C2(C#N)CC2)cc1. The molecule has 8 rings (SSSR count). The molecule has 1 aliphatic carbocycles. The van der Waals surface area contributed by atoms with E-state index in [2.05, 4.69) is 75.7 Å². The van der Waals surface area contributed by atoms with E-state index in [1.165, 1.54) is 5.56 Å². The zero-order valence-corrected chi connectivity index (χ0v) is 31.0. The second kappa shape index (κ2) is 13.9. The van der Waals surface area contributed by atoms with Gasteiger partial charge in [-0.05, 0) is 125 Å². The van der Waals surface area contributed by atoms with Gasteiger partial charge in [-0.25, -0.2) is 0 Å². The molecule has 54 heavy (non-hydrogen) atoms. The van der Waals surface area contributed by atoms with Gasteiger partial charge in [0.1, 0.15) is 11.8 Å². The van der Waals surface area contributed by atoms with E-state index < -0.39 is 23.8 Å². The minimum Gasteiger partial charge on any atom is -0.371 e. The first kappa shape index (κ1) is 35.3. The molecule has 1 aromatic heterocycles. The van der Waals surface area contributed by atoms with Gasteiger partial charge in [0.15, 0.2) is 0 Å². The van der Waals surface area contributed by atoms with Gasteiger partial charge in [-0.2, -0.15) is 5.26 Å². The summed E-state index contributed by atoms with van der Waals surface area (Å²) >= 11 is 0. The number of nitrogens with zero attached hydrogens (tertiary/aromatic N) is 5. The zero-order chi connectivity index (χ0) is 37.7. The largest absolute Gasteiger partial charge is 0.371 e. The number of hydrogen-bond donors (Lipinski definition) is 1. The number of aryl methyl sites for hydroxylation is 3. The van der Waals surface area contributed by atoms with E-state index in [-0.39, 0.29) is 24.2 Å². The predicted molar refractivity (Wildman–Crippen MR) is 203 cm³/mol. The number of nitriles is 1. The van der Waals surface area contributed by atoms with Gasteiger partial charge in [-0.15, -0.1) is 0 Å². The molecule has 3 aliphatic heterocycles. The average molecular weight is 725 g/mol. The summed E-state index contributed by atoms with van der Waals surface area (Å²) in [4.78, 5) is 56.4. The topological polar surface area (TPSA) is 140 Å². The predicted octanol–water partition coefficient (Wildman–Crippen LogP) is 7.06. The van der Waals surface area contributed by atoms with Crippen molar-refractivity contribution >= 4 is 40.7 Å². The van der Waals surface area contributed by atoms with Crippen LogP contribution in [0.2, 0.25) is 0 Å². The Morgan fingerprint density at radius 3 is 2.33 bits per heavy atom. The molecule has 4 aromatic rings. The maximum absolute atomic E-state index is 13.4. The standard InChI is InChI=1S/C43H44N6O5/c1-26-6-7-30(39-27(2)46-54-28(39)3)23-37(26)48(32-10-8-31(9-11-32)43(25-44)18-19-43)20-4-5-29-16-21-47(22-17-29)33-12-13-34-35(24-33)42(53)49(41(34)52)36-14-15-38(50)45-40(36)51/h6-13,23-24,29,36H,4-5,14-22H2,1-3H3,(H,45,50,51). The highest BCUT2D eigenvalue weighted by Crippen LogP contribution is 2.48. The molecular formula is C43H44N6O5. The summed E-state index contributed by atoms with van der Waals surface area (Å²) in [6.45, 7) is 8.58. The molecule has 3 aromatic carbocycles. The van der Waals surface area contributed by atoms with Crippen molar-refractivity contribution < 1.29 is 23.7 Å². The fourth-order valence-electron chi connectivity index (χ4n) is 8.56. The van der Waals surface area contributed by atoms with Gasteiger partial charge < -0.3 is 14.3 Å². The number of anilines is 3. The molecule has 4 aliphatic rings. The molecule has 1 saturated carbocycles. The number of carbonyl (C=O) groups is 4. The number of amides is 4. The summed E-state index contributed by atoms with van der Waals surface area (Å²) in [7, 11) is 0. The van der Waals surface area contributed by atoms with Gasteiger partial charge in [0.2, 0.25) is 11.8 Å². The Morgan fingerprint density at radius 1 is 0.926 bits per heavy atom. The first-order chi connectivity index (χ1) is 26.1. The van der Waals surface area contributed by atoms with Crippen LogP contribution in [0.25, 0.3) is 11.1 Å². The van der Waals surface area contributed by atoms with Crippen LogP contribution in [0.15, 0.2) is 65.2 Å². The Hall–Kier alpha value is -5.76. The maximum Gasteiger partial charge on any atom is 0.262 e. The molecule has 276 valence electrons. The Bertz CT molecular complexity index is 2190. The molecule has 3 fully saturated rings. The smallest absolute Gasteiger partial charge is 0.262 e. The molecule has 0 spiro atoms. The highest BCUT2D eigenvalue weighted by atomic mass is 16.5. The molecule has 1 N–H and O–H groups in total. The minimum absolute atomic E-state index is 0.0926. The number of hydrogen-bond acceptors (Lipinski definition) is 9. The number of rotatable bonds is 10. The number of fused-ring (bicyclic) bond motifs is 1. The molecule has 0 radical (unpaired) electrons. The van der Waals surface area contributed by atoms with Crippen LogP contribution in [0.3, 0.4) is 0 Å². The lowest BCUT2D eigenvalue weighted by Crippen LogP contribution is -2.54. The number of piperidine rings is 2. The fraction of sp³-hybridized carbons (Fsp3) is 0.395. The molecule has 11 heteroatoms. The van der Waals surface area contributed by atoms with Crippen LogP contribution in [0.5, 0.6) is 0 Å². The highest BCUT2D eigenvalue weighted by molar-refractivity contribution is 6.23. The lowest BCUT2D eigenvalue weighted by molar-refractivity contribution is -0.136. The van der Waals surface area contributed by atoms with Crippen molar-refractivity contribution in [2.24, 2.45) is 5.92 Å². The quantitative estimate of drug-likeness (QED) is 0.170. The number of imide groups is 2. The Kier molecular flexibility index (Phi) is 9.08.